The summed E-state index contributed by atoms with van der Waals surface area (Å²) in [7, 11) is 0. The molecule has 0 saturated heterocycles. The van der Waals surface area contributed by atoms with Crippen LogP contribution in [0.2, 0.25) is 0 Å². The first kappa shape index (κ1) is 7.32. The average molecular weight is 150 g/mol. The molecule has 0 rings (SSSR count). The quantitative estimate of drug-likeness (QED) is 0.410. The number of halogens is 3. The van der Waals surface area contributed by atoms with E-state index in [2.05, 4.69) is 17.6 Å². The van der Waals surface area contributed by atoms with E-state index in [4.69, 9.17) is 0 Å². The number of hydrogen-bond donors (Lipinski definition) is 1. The van der Waals surface area contributed by atoms with Crippen molar-refractivity contribution in [1.82, 2.24) is 0 Å². The van der Waals surface area contributed by atoms with Gasteiger partial charge in [-0.15, -0.1) is 25.3 Å². The topological polar surface area (TPSA) is 9.23 Å². The van der Waals surface area contributed by atoms with Crippen LogP contribution >= 0.6 is 23.9 Å². The molecule has 0 aliphatic carbocycles. The first-order chi connectivity index (χ1) is 3.18. The van der Waals surface area contributed by atoms with Crippen LogP contribution in [-0.2, 0) is 4.94 Å². The van der Waals surface area contributed by atoms with E-state index in [0.29, 0.717) is 0 Å². The van der Waals surface area contributed by atoms with Crippen molar-refractivity contribution in [2.75, 3.05) is 0 Å². The lowest BCUT2D eigenvalue weighted by Crippen LogP contribution is -1.79. The van der Waals surface area contributed by atoms with Crippen molar-refractivity contribution in [2.45, 2.75) is 0 Å². The van der Waals surface area contributed by atoms with Gasteiger partial charge in [0.1, 0.15) is 0 Å². The SMILES string of the molecule is FOC(S)=S(F)F. The Hall–Kier alpha value is 0.320. The Balaban J connectivity index is 3.72. The highest BCUT2D eigenvalue weighted by Gasteiger charge is 1.97. The van der Waals surface area contributed by atoms with Gasteiger partial charge in [-0.2, -0.15) is 0 Å². The maximum absolute atomic E-state index is 11.0. The summed E-state index contributed by atoms with van der Waals surface area (Å²) in [6.07, 6.45) is 0. The third-order valence-corrected chi connectivity index (χ3v) is 1.01. The second-order valence-electron chi connectivity index (χ2n) is 0.556. The molecule has 0 saturated carbocycles. The van der Waals surface area contributed by atoms with Gasteiger partial charge in [0, 0.05) is 0 Å². The van der Waals surface area contributed by atoms with Gasteiger partial charge in [0.2, 0.25) is 15.6 Å². The van der Waals surface area contributed by atoms with Gasteiger partial charge < -0.3 is 0 Å². The van der Waals surface area contributed by atoms with Crippen LogP contribution in [0, 0.1) is 0 Å². The summed E-state index contributed by atoms with van der Waals surface area (Å²) in [5.41, 5.74) is 0. The van der Waals surface area contributed by atoms with E-state index in [1.807, 2.05) is 0 Å². The zero-order chi connectivity index (χ0) is 5.86. The molecule has 0 aromatic rings. The molecule has 0 aromatic carbocycles. The van der Waals surface area contributed by atoms with E-state index in [1.54, 1.807) is 0 Å². The number of thiol groups is 1. The maximum atomic E-state index is 11.0. The van der Waals surface area contributed by atoms with Crippen molar-refractivity contribution < 1.29 is 17.2 Å². The highest BCUT2D eigenvalue weighted by molar-refractivity contribution is 8.22. The minimum Gasteiger partial charge on any atom is -0.137 e. The Kier molecular flexibility index (Phi) is 3.49. The van der Waals surface area contributed by atoms with Crippen LogP contribution in [0.3, 0.4) is 0 Å². The first-order valence-electron chi connectivity index (χ1n) is 1.09. The molecule has 0 radical (unpaired) electrons. The summed E-state index contributed by atoms with van der Waals surface area (Å²) in [6.45, 7) is 0. The number of rotatable bonds is 0. The lowest BCUT2D eigenvalue weighted by molar-refractivity contribution is -0.0140. The Morgan fingerprint density at radius 1 is 1.57 bits per heavy atom. The van der Waals surface area contributed by atoms with Crippen LogP contribution in [0.15, 0.2) is 0 Å². The summed E-state index contributed by atoms with van der Waals surface area (Å²) < 4.78 is 31.3. The third-order valence-electron chi connectivity index (χ3n) is 0.198. The minimum atomic E-state index is -3.18. The molecule has 0 amide bonds. The smallest absolute Gasteiger partial charge is 0.137 e. The second-order valence-corrected chi connectivity index (χ2v) is 2.06. The van der Waals surface area contributed by atoms with Gasteiger partial charge in [-0.05, 0) is 4.53 Å². The second kappa shape index (κ2) is 3.34. The van der Waals surface area contributed by atoms with Crippen LogP contribution in [0.5, 0.6) is 0 Å². The Labute approximate surface area is 46.3 Å². The molecule has 0 unspecified atom stereocenters. The lowest BCUT2D eigenvalue weighted by Gasteiger charge is -1.82. The Morgan fingerprint density at radius 2 is 2.00 bits per heavy atom. The van der Waals surface area contributed by atoms with E-state index in [1.165, 1.54) is 0 Å². The molecular formula is CHF3OS2. The average Bonchev–Trinajstić information content (AvgIpc) is 1.65. The lowest BCUT2D eigenvalue weighted by atomic mass is 11.7. The van der Waals surface area contributed by atoms with Crippen LogP contribution in [0.4, 0.5) is 12.3 Å². The van der Waals surface area contributed by atoms with Gasteiger partial charge in [-0.25, -0.2) is 0 Å². The maximum Gasteiger partial charge on any atom is 0.234 e. The standard InChI is InChI=1S/CHF3OS2/c2-5-1(6)7(3)4/h6H. The predicted molar refractivity (Wildman–Crippen MR) is 26.0 cm³/mol. The van der Waals surface area contributed by atoms with Gasteiger partial charge in [0.25, 0.3) is 0 Å². The predicted octanol–water partition coefficient (Wildman–Crippen LogP) is 1.94. The zero-order valence-corrected chi connectivity index (χ0v) is 4.61. The molecular weight excluding hydrogens is 149 g/mol. The van der Waals surface area contributed by atoms with Crippen LogP contribution in [0.25, 0.3) is 0 Å². The van der Waals surface area contributed by atoms with Crippen molar-refractivity contribution in [3.63, 3.8) is 0 Å². The van der Waals surface area contributed by atoms with Gasteiger partial charge in [0.15, 0.2) is 0 Å². The summed E-state index contributed by atoms with van der Waals surface area (Å²) in [6, 6.07) is 0. The van der Waals surface area contributed by atoms with Crippen LogP contribution in [0.1, 0.15) is 0 Å². The van der Waals surface area contributed by atoms with Crippen molar-refractivity contribution in [3.05, 3.63) is 0 Å². The largest absolute Gasteiger partial charge is 0.234 e. The summed E-state index contributed by atoms with van der Waals surface area (Å²) in [4.78, 5) is 2.55. The van der Waals surface area contributed by atoms with Crippen molar-refractivity contribution in [1.29, 1.82) is 0 Å². The highest BCUT2D eigenvalue weighted by atomic mass is 32.3. The molecule has 0 aliphatic rings. The first-order valence-corrected chi connectivity index (χ1v) is 2.57. The fraction of sp³-hybridized carbons (Fsp3) is 0. The monoisotopic (exact) mass is 150 g/mol. The summed E-state index contributed by atoms with van der Waals surface area (Å²) in [5, 5.41) is 0. The number of hydrogen-bond acceptors (Lipinski definition) is 1. The van der Waals surface area contributed by atoms with Gasteiger partial charge in [-0.1, -0.05) is 0 Å². The summed E-state index contributed by atoms with van der Waals surface area (Å²) in [5.74, 6) is 0. The molecule has 0 fully saturated rings. The molecule has 6 heteroatoms. The van der Waals surface area contributed by atoms with Gasteiger partial charge >= 0.3 is 0 Å². The van der Waals surface area contributed by atoms with E-state index in [-0.39, 0.29) is 0 Å². The van der Waals surface area contributed by atoms with Crippen LogP contribution < -0.4 is 0 Å². The third kappa shape index (κ3) is 2.95. The fourth-order valence-electron chi connectivity index (χ4n) is 0.0238. The van der Waals surface area contributed by atoms with E-state index in [9.17, 15) is 12.3 Å². The molecule has 0 spiro atoms. The molecule has 44 valence electrons. The molecule has 0 aromatic heterocycles. The van der Waals surface area contributed by atoms with Crippen molar-refractivity contribution in [3.8, 4) is 0 Å². The molecule has 0 bridgehead atoms. The molecule has 0 atom stereocenters. The molecule has 0 N–H and O–H groups in total. The van der Waals surface area contributed by atoms with E-state index < -0.39 is 15.6 Å². The van der Waals surface area contributed by atoms with E-state index >= 15 is 0 Å². The normalized spacial score (nSPS) is 9.86. The van der Waals surface area contributed by atoms with E-state index in [0.717, 1.165) is 0 Å². The summed E-state index contributed by atoms with van der Waals surface area (Å²) >= 11 is -0.270. The molecule has 1 nitrogen and oxygen atoms in total. The molecule has 7 heavy (non-hydrogen) atoms. The minimum absolute atomic E-state index is 1.18. The fourth-order valence-corrected chi connectivity index (χ4v) is 0.0714. The molecule has 0 aliphatic heterocycles. The zero-order valence-electron chi connectivity index (χ0n) is 2.90. The van der Waals surface area contributed by atoms with Gasteiger partial charge in [-0.3, -0.25) is 0 Å². The van der Waals surface area contributed by atoms with Gasteiger partial charge in [0.05, 0.1) is 0 Å². The van der Waals surface area contributed by atoms with Crippen molar-refractivity contribution in [2.24, 2.45) is 0 Å². The van der Waals surface area contributed by atoms with Crippen LogP contribution in [-0.4, -0.2) is 4.38 Å². The Morgan fingerprint density at radius 3 is 2.00 bits per heavy atom. The highest BCUT2D eigenvalue weighted by Crippen LogP contribution is 2.19. The van der Waals surface area contributed by atoms with Crippen molar-refractivity contribution >= 4 is 28.3 Å². The Bertz CT molecular complexity index is 86.9. The molecule has 0 heterocycles.